The first-order valence-corrected chi connectivity index (χ1v) is 6.43. The van der Waals surface area contributed by atoms with E-state index in [0.29, 0.717) is 15.7 Å². The molecule has 19 heavy (non-hydrogen) atoms. The quantitative estimate of drug-likeness (QED) is 0.915. The molecule has 0 atom stereocenters. The van der Waals surface area contributed by atoms with Gasteiger partial charge in [0.15, 0.2) is 5.69 Å². The summed E-state index contributed by atoms with van der Waals surface area (Å²) in [6.45, 7) is 3.83. The van der Waals surface area contributed by atoms with Crippen LogP contribution in [0.25, 0.3) is 0 Å². The van der Waals surface area contributed by atoms with Crippen LogP contribution in [-0.4, -0.2) is 31.0 Å². The van der Waals surface area contributed by atoms with E-state index in [9.17, 15) is 9.90 Å². The van der Waals surface area contributed by atoms with Gasteiger partial charge in [0.1, 0.15) is 10.9 Å². The Bertz CT molecular complexity index is 590. The Morgan fingerprint density at radius 1 is 1.26 bits per heavy atom. The zero-order valence-electron chi connectivity index (χ0n) is 10.4. The van der Waals surface area contributed by atoms with Gasteiger partial charge in [-0.3, -0.25) is 4.98 Å². The van der Waals surface area contributed by atoms with Crippen LogP contribution in [0.5, 0.6) is 0 Å². The smallest absolute Gasteiger partial charge is 0.355 e. The summed E-state index contributed by atoms with van der Waals surface area (Å²) in [4.78, 5) is 28.0. The van der Waals surface area contributed by atoms with Crippen molar-refractivity contribution in [1.29, 1.82) is 0 Å². The molecule has 6 nitrogen and oxygen atoms in total. The molecule has 1 N–H and O–H groups in total. The van der Waals surface area contributed by atoms with Crippen molar-refractivity contribution < 1.29 is 9.90 Å². The molecule has 0 aliphatic heterocycles. The predicted octanol–water partition coefficient (Wildman–Crippen LogP) is 2.24. The van der Waals surface area contributed by atoms with Crippen molar-refractivity contribution in [2.24, 2.45) is 0 Å². The average Bonchev–Trinajstić information content (AvgIpc) is 2.39. The zero-order chi connectivity index (χ0) is 13.8. The molecule has 0 aliphatic carbocycles. The summed E-state index contributed by atoms with van der Waals surface area (Å²) >= 11 is 1.18. The molecule has 2 aromatic heterocycles. The predicted molar refractivity (Wildman–Crippen MR) is 69.2 cm³/mol. The lowest BCUT2D eigenvalue weighted by Crippen LogP contribution is -2.08. The number of hydrogen-bond donors (Lipinski definition) is 1. The van der Waals surface area contributed by atoms with Gasteiger partial charge >= 0.3 is 5.97 Å². The first-order chi connectivity index (χ1) is 9.08. The van der Waals surface area contributed by atoms with Gasteiger partial charge in [-0.2, -0.15) is 0 Å². The standard InChI is InChI=1S/C12H12N4O2S/c1-7(2)11-15-5-8(10(16-11)12(17)18)19-9-6-13-3-4-14-9/h3-7H,1-2H3,(H,17,18). The minimum atomic E-state index is -1.07. The summed E-state index contributed by atoms with van der Waals surface area (Å²) in [5.41, 5.74) is -0.00523. The minimum Gasteiger partial charge on any atom is -0.476 e. The monoisotopic (exact) mass is 276 g/mol. The fourth-order valence-corrected chi connectivity index (χ4v) is 2.13. The number of carboxylic acid groups (broad SMARTS) is 1. The fraction of sp³-hybridized carbons (Fsp3) is 0.250. The highest BCUT2D eigenvalue weighted by molar-refractivity contribution is 7.99. The van der Waals surface area contributed by atoms with Gasteiger partial charge in [0.25, 0.3) is 0 Å². The zero-order valence-corrected chi connectivity index (χ0v) is 11.3. The second-order valence-corrected chi connectivity index (χ2v) is 5.11. The molecule has 2 rings (SSSR count). The third-order valence-electron chi connectivity index (χ3n) is 2.25. The largest absolute Gasteiger partial charge is 0.476 e. The van der Waals surface area contributed by atoms with Gasteiger partial charge in [-0.05, 0) is 0 Å². The number of carbonyl (C=O) groups is 1. The van der Waals surface area contributed by atoms with Gasteiger partial charge in [0.2, 0.25) is 0 Å². The molecule has 0 unspecified atom stereocenters. The van der Waals surface area contributed by atoms with E-state index in [0.717, 1.165) is 0 Å². The van der Waals surface area contributed by atoms with Crippen LogP contribution in [-0.2, 0) is 0 Å². The van der Waals surface area contributed by atoms with E-state index in [1.807, 2.05) is 13.8 Å². The van der Waals surface area contributed by atoms with Gasteiger partial charge in [0.05, 0.1) is 11.1 Å². The SMILES string of the molecule is CC(C)c1ncc(Sc2cnccn2)c(C(=O)O)n1. The van der Waals surface area contributed by atoms with Crippen LogP contribution in [0.2, 0.25) is 0 Å². The normalized spacial score (nSPS) is 10.7. The lowest BCUT2D eigenvalue weighted by Gasteiger charge is -2.08. The number of nitrogens with zero attached hydrogens (tertiary/aromatic N) is 4. The molecular weight excluding hydrogens is 264 g/mol. The fourth-order valence-electron chi connectivity index (χ4n) is 1.34. The molecule has 2 aromatic rings. The molecule has 0 aliphatic rings. The molecule has 0 fully saturated rings. The first-order valence-electron chi connectivity index (χ1n) is 5.62. The Morgan fingerprint density at radius 2 is 2.05 bits per heavy atom. The van der Waals surface area contributed by atoms with E-state index in [2.05, 4.69) is 19.9 Å². The first kappa shape index (κ1) is 13.4. The van der Waals surface area contributed by atoms with Gasteiger partial charge in [-0.1, -0.05) is 25.6 Å². The number of carboxylic acids is 1. The average molecular weight is 276 g/mol. The van der Waals surface area contributed by atoms with Crippen LogP contribution in [0, 0.1) is 0 Å². The Labute approximate surface area is 114 Å². The number of rotatable bonds is 4. The van der Waals surface area contributed by atoms with Crippen LogP contribution in [0.15, 0.2) is 34.7 Å². The summed E-state index contributed by atoms with van der Waals surface area (Å²) in [5.74, 6) is -0.481. The van der Waals surface area contributed by atoms with Crippen LogP contribution in [0.4, 0.5) is 0 Å². The molecule has 2 heterocycles. The van der Waals surface area contributed by atoms with E-state index >= 15 is 0 Å². The second-order valence-electron chi connectivity index (χ2n) is 4.05. The van der Waals surface area contributed by atoms with Crippen molar-refractivity contribution in [2.75, 3.05) is 0 Å². The highest BCUT2D eigenvalue weighted by Gasteiger charge is 2.16. The van der Waals surface area contributed by atoms with E-state index in [1.165, 1.54) is 18.0 Å². The van der Waals surface area contributed by atoms with Crippen LogP contribution < -0.4 is 0 Å². The van der Waals surface area contributed by atoms with Crippen LogP contribution >= 0.6 is 11.8 Å². The number of hydrogen-bond acceptors (Lipinski definition) is 6. The van der Waals surface area contributed by atoms with Gasteiger partial charge < -0.3 is 5.11 Å². The third-order valence-corrected chi connectivity index (χ3v) is 3.19. The Balaban J connectivity index is 2.37. The van der Waals surface area contributed by atoms with Crippen LogP contribution in [0.3, 0.4) is 0 Å². The van der Waals surface area contributed by atoms with Crippen molar-refractivity contribution >= 4 is 17.7 Å². The summed E-state index contributed by atoms with van der Waals surface area (Å²) in [5, 5.41) is 9.81. The lowest BCUT2D eigenvalue weighted by atomic mass is 10.2. The second kappa shape index (κ2) is 5.75. The molecule has 98 valence electrons. The molecule has 0 saturated heterocycles. The van der Waals surface area contributed by atoms with Gasteiger partial charge in [0, 0.05) is 24.5 Å². The summed E-state index contributed by atoms with van der Waals surface area (Å²) in [6.07, 6.45) is 6.18. The Morgan fingerprint density at radius 3 is 2.63 bits per heavy atom. The third kappa shape index (κ3) is 3.25. The molecule has 0 spiro atoms. The maximum absolute atomic E-state index is 11.2. The van der Waals surface area contributed by atoms with Crippen molar-refractivity contribution in [3.8, 4) is 0 Å². The Hall–Kier alpha value is -2.02. The highest BCUT2D eigenvalue weighted by Crippen LogP contribution is 2.27. The van der Waals surface area contributed by atoms with Crippen molar-refractivity contribution in [2.45, 2.75) is 29.7 Å². The highest BCUT2D eigenvalue weighted by atomic mass is 32.2. The molecule has 7 heteroatoms. The topological polar surface area (TPSA) is 88.9 Å². The van der Waals surface area contributed by atoms with E-state index < -0.39 is 5.97 Å². The maximum atomic E-state index is 11.2. The number of aromatic carboxylic acids is 1. The molecular formula is C12H12N4O2S. The van der Waals surface area contributed by atoms with Gasteiger partial charge in [-0.15, -0.1) is 0 Å². The molecule has 0 bridgehead atoms. The van der Waals surface area contributed by atoms with Crippen molar-refractivity contribution in [3.63, 3.8) is 0 Å². The van der Waals surface area contributed by atoms with Crippen molar-refractivity contribution in [1.82, 2.24) is 19.9 Å². The van der Waals surface area contributed by atoms with E-state index in [1.54, 1.807) is 18.6 Å². The van der Waals surface area contributed by atoms with E-state index in [4.69, 9.17) is 0 Å². The van der Waals surface area contributed by atoms with E-state index in [-0.39, 0.29) is 11.6 Å². The summed E-state index contributed by atoms with van der Waals surface area (Å²) in [6, 6.07) is 0. The molecule has 0 amide bonds. The lowest BCUT2D eigenvalue weighted by molar-refractivity contribution is 0.0685. The minimum absolute atomic E-state index is 0.00523. The molecule has 0 saturated carbocycles. The number of aromatic nitrogens is 4. The maximum Gasteiger partial charge on any atom is 0.355 e. The summed E-state index contributed by atoms with van der Waals surface area (Å²) < 4.78 is 0. The Kier molecular flexibility index (Phi) is 4.06. The molecule has 0 radical (unpaired) electrons. The molecule has 0 aromatic carbocycles. The van der Waals surface area contributed by atoms with Crippen LogP contribution in [0.1, 0.15) is 36.1 Å². The summed E-state index contributed by atoms with van der Waals surface area (Å²) in [7, 11) is 0. The van der Waals surface area contributed by atoms with Gasteiger partial charge in [-0.25, -0.2) is 19.7 Å². The van der Waals surface area contributed by atoms with Crippen molar-refractivity contribution in [3.05, 3.63) is 36.3 Å².